The number of aliphatic hydroxyl groups is 1. The summed E-state index contributed by atoms with van der Waals surface area (Å²) >= 11 is 3.52. The van der Waals surface area contributed by atoms with E-state index in [1.54, 1.807) is 22.7 Å². The molecule has 2 rings (SSSR count). The van der Waals surface area contributed by atoms with Crippen LogP contribution in [0.5, 0.6) is 0 Å². The summed E-state index contributed by atoms with van der Waals surface area (Å²) in [5, 5.41) is 10.6. The lowest BCUT2D eigenvalue weighted by Gasteiger charge is -1.88. The second-order valence-corrected chi connectivity index (χ2v) is 5.05. The van der Waals surface area contributed by atoms with Crippen LogP contribution in [0.1, 0.15) is 4.88 Å². The molecule has 2 heterocycles. The molecule has 0 spiro atoms. The van der Waals surface area contributed by atoms with Gasteiger partial charge in [0.15, 0.2) is 0 Å². The van der Waals surface area contributed by atoms with E-state index in [0.29, 0.717) is 0 Å². The summed E-state index contributed by atoms with van der Waals surface area (Å²) < 4.78 is 0. The minimum Gasteiger partial charge on any atom is -0.384 e. The lowest BCUT2D eigenvalue weighted by molar-refractivity contribution is 0.350. The van der Waals surface area contributed by atoms with Crippen LogP contribution in [0.2, 0.25) is 0 Å². The van der Waals surface area contributed by atoms with E-state index in [4.69, 9.17) is 5.11 Å². The first-order chi connectivity index (χ1) is 7.40. The van der Waals surface area contributed by atoms with Gasteiger partial charge >= 0.3 is 0 Å². The van der Waals surface area contributed by atoms with Crippen molar-refractivity contribution in [1.82, 2.24) is 0 Å². The number of hydrogen-bond donors (Lipinski definition) is 1. The SMILES string of the molecule is OCC#CCc1ccc(-c2cccs2)s1. The van der Waals surface area contributed by atoms with Crippen molar-refractivity contribution < 1.29 is 5.11 Å². The average molecular weight is 234 g/mol. The minimum atomic E-state index is -0.0524. The van der Waals surface area contributed by atoms with Crippen LogP contribution in [0, 0.1) is 11.8 Å². The Morgan fingerprint density at radius 3 is 2.80 bits per heavy atom. The third kappa shape index (κ3) is 2.69. The third-order valence-electron chi connectivity index (χ3n) is 1.89. The fourth-order valence-electron chi connectivity index (χ4n) is 1.23. The first-order valence-electron chi connectivity index (χ1n) is 4.59. The van der Waals surface area contributed by atoms with Gasteiger partial charge in [0.05, 0.1) is 0 Å². The van der Waals surface area contributed by atoms with Gasteiger partial charge in [-0.2, -0.15) is 0 Å². The van der Waals surface area contributed by atoms with Gasteiger partial charge in [-0.1, -0.05) is 17.9 Å². The first-order valence-corrected chi connectivity index (χ1v) is 6.29. The van der Waals surface area contributed by atoms with Crippen molar-refractivity contribution in [3.8, 4) is 21.6 Å². The molecule has 0 aliphatic heterocycles. The van der Waals surface area contributed by atoms with E-state index in [1.165, 1.54) is 14.6 Å². The van der Waals surface area contributed by atoms with Gasteiger partial charge < -0.3 is 5.11 Å². The summed E-state index contributed by atoms with van der Waals surface area (Å²) in [6.07, 6.45) is 0.733. The second-order valence-electron chi connectivity index (χ2n) is 2.93. The molecule has 0 saturated carbocycles. The number of hydrogen-bond acceptors (Lipinski definition) is 3. The van der Waals surface area contributed by atoms with Gasteiger partial charge in [-0.25, -0.2) is 0 Å². The van der Waals surface area contributed by atoms with Crippen molar-refractivity contribution in [2.45, 2.75) is 6.42 Å². The molecular formula is C12H10OS2. The van der Waals surface area contributed by atoms with Crippen molar-refractivity contribution in [3.05, 3.63) is 34.5 Å². The zero-order valence-electron chi connectivity index (χ0n) is 8.06. The van der Waals surface area contributed by atoms with Crippen LogP contribution >= 0.6 is 22.7 Å². The van der Waals surface area contributed by atoms with Gasteiger partial charge in [0.2, 0.25) is 0 Å². The van der Waals surface area contributed by atoms with Crippen LogP contribution in [0.4, 0.5) is 0 Å². The number of rotatable bonds is 2. The van der Waals surface area contributed by atoms with Crippen molar-refractivity contribution in [1.29, 1.82) is 0 Å². The molecule has 76 valence electrons. The highest BCUT2D eigenvalue weighted by atomic mass is 32.1. The standard InChI is InChI=1S/C12H10OS2/c13-8-2-1-4-10-6-7-12(15-10)11-5-3-9-14-11/h3,5-7,9,13H,4,8H2. The normalized spacial score (nSPS) is 9.67. The molecule has 0 aromatic carbocycles. The van der Waals surface area contributed by atoms with Crippen molar-refractivity contribution in [2.75, 3.05) is 6.61 Å². The Bertz CT molecular complexity index is 471. The highest BCUT2D eigenvalue weighted by Gasteiger charge is 2.02. The highest BCUT2D eigenvalue weighted by Crippen LogP contribution is 2.31. The Morgan fingerprint density at radius 2 is 2.07 bits per heavy atom. The maximum atomic E-state index is 8.53. The molecule has 0 bridgehead atoms. The zero-order chi connectivity index (χ0) is 10.5. The van der Waals surface area contributed by atoms with Gasteiger partial charge in [0.1, 0.15) is 6.61 Å². The van der Waals surface area contributed by atoms with E-state index in [1.807, 2.05) is 0 Å². The van der Waals surface area contributed by atoms with E-state index in [-0.39, 0.29) is 6.61 Å². The minimum absolute atomic E-state index is 0.0524. The van der Waals surface area contributed by atoms with Crippen LogP contribution in [0.15, 0.2) is 29.6 Å². The van der Waals surface area contributed by atoms with Crippen LogP contribution < -0.4 is 0 Å². The van der Waals surface area contributed by atoms with E-state index < -0.39 is 0 Å². The summed E-state index contributed by atoms with van der Waals surface area (Å²) in [7, 11) is 0. The molecule has 0 aliphatic rings. The van der Waals surface area contributed by atoms with Crippen molar-refractivity contribution in [3.63, 3.8) is 0 Å². The molecule has 1 nitrogen and oxygen atoms in total. The molecule has 0 saturated heterocycles. The quantitative estimate of drug-likeness (QED) is 0.792. The predicted octanol–water partition coefficient (Wildman–Crippen LogP) is 3.01. The molecule has 2 aromatic heterocycles. The molecular weight excluding hydrogens is 224 g/mol. The van der Waals surface area contributed by atoms with E-state index in [9.17, 15) is 0 Å². The molecule has 0 aliphatic carbocycles. The molecule has 0 amide bonds. The molecule has 1 N–H and O–H groups in total. The first kappa shape index (κ1) is 10.4. The Balaban J connectivity index is 2.11. The molecule has 3 heteroatoms. The fraction of sp³-hybridized carbons (Fsp3) is 0.167. The zero-order valence-corrected chi connectivity index (χ0v) is 9.70. The smallest absolute Gasteiger partial charge is 0.104 e. The molecule has 0 atom stereocenters. The van der Waals surface area contributed by atoms with Crippen LogP contribution in [-0.2, 0) is 6.42 Å². The van der Waals surface area contributed by atoms with Crippen LogP contribution in [0.25, 0.3) is 9.75 Å². The lowest BCUT2D eigenvalue weighted by Crippen LogP contribution is -1.75. The van der Waals surface area contributed by atoms with E-state index in [0.717, 1.165) is 6.42 Å². The molecule has 0 fully saturated rings. The van der Waals surface area contributed by atoms with Gasteiger partial charge in [0, 0.05) is 21.1 Å². The maximum Gasteiger partial charge on any atom is 0.104 e. The van der Waals surface area contributed by atoms with E-state index >= 15 is 0 Å². The van der Waals surface area contributed by atoms with Crippen molar-refractivity contribution >= 4 is 22.7 Å². The Hall–Kier alpha value is -1.08. The average Bonchev–Trinajstić information content (AvgIpc) is 2.87. The summed E-state index contributed by atoms with van der Waals surface area (Å²) in [4.78, 5) is 3.85. The summed E-state index contributed by atoms with van der Waals surface area (Å²) in [5.74, 6) is 5.58. The third-order valence-corrected chi connectivity index (χ3v) is 4.04. The van der Waals surface area contributed by atoms with E-state index in [2.05, 4.69) is 41.5 Å². The van der Waals surface area contributed by atoms with Crippen LogP contribution in [-0.4, -0.2) is 11.7 Å². The summed E-state index contributed by atoms with van der Waals surface area (Å²) in [6, 6.07) is 8.42. The van der Waals surface area contributed by atoms with Gasteiger partial charge in [0.25, 0.3) is 0 Å². The summed E-state index contributed by atoms with van der Waals surface area (Å²) in [5.41, 5.74) is 0. The van der Waals surface area contributed by atoms with Gasteiger partial charge in [-0.3, -0.25) is 0 Å². The Labute approximate surface area is 97.0 Å². The van der Waals surface area contributed by atoms with Crippen LogP contribution in [0.3, 0.4) is 0 Å². The Morgan fingerprint density at radius 1 is 1.13 bits per heavy atom. The molecule has 0 radical (unpaired) electrons. The van der Waals surface area contributed by atoms with Gasteiger partial charge in [-0.15, -0.1) is 22.7 Å². The fourth-order valence-corrected chi connectivity index (χ4v) is 3.01. The number of thiophene rings is 2. The molecule has 2 aromatic rings. The topological polar surface area (TPSA) is 20.2 Å². The van der Waals surface area contributed by atoms with Gasteiger partial charge in [-0.05, 0) is 23.6 Å². The molecule has 0 unspecified atom stereocenters. The second kappa shape index (κ2) is 5.13. The lowest BCUT2D eigenvalue weighted by atomic mass is 10.3. The maximum absolute atomic E-state index is 8.53. The van der Waals surface area contributed by atoms with Crippen molar-refractivity contribution in [2.24, 2.45) is 0 Å². The largest absolute Gasteiger partial charge is 0.384 e. The predicted molar refractivity (Wildman–Crippen MR) is 66.2 cm³/mol. The Kier molecular flexibility index (Phi) is 3.57. The molecule has 15 heavy (non-hydrogen) atoms. The monoisotopic (exact) mass is 234 g/mol. The highest BCUT2D eigenvalue weighted by molar-refractivity contribution is 7.21. The number of aliphatic hydroxyl groups excluding tert-OH is 1. The summed E-state index contributed by atoms with van der Waals surface area (Å²) in [6.45, 7) is -0.0524.